The molecule has 17 nitrogen and oxygen atoms in total. The van der Waals surface area contributed by atoms with Gasteiger partial charge in [0.15, 0.2) is 12.2 Å². The van der Waals surface area contributed by atoms with E-state index in [9.17, 15) is 43.2 Å². The maximum absolute atomic E-state index is 13.1. The SMILES string of the molecule is CCCCCCCCCCCCCCCCCCC(=O)OC[C@H](COP(=O)(O)OC[C@@H](O)COP(=O)(O)OC[C@@H](COC(=O)CCCCCCCCCCC(C)CC)OC(=O)CCCCCCCCCCCCC(C)C)OC(=O)CCCCCCCCCCCCCCCC(C)C. The van der Waals surface area contributed by atoms with E-state index in [1.807, 2.05) is 0 Å². The molecule has 0 rings (SSSR count). The van der Waals surface area contributed by atoms with Crippen molar-refractivity contribution in [3.05, 3.63) is 0 Å². The van der Waals surface area contributed by atoms with Crippen molar-refractivity contribution in [1.82, 2.24) is 0 Å². The predicted octanol–water partition coefficient (Wildman–Crippen LogP) is 23.0. The molecule has 0 aliphatic carbocycles. The molecule has 0 spiro atoms. The van der Waals surface area contributed by atoms with Crippen molar-refractivity contribution in [2.45, 2.75) is 420 Å². The average molecular weight is 1420 g/mol. The molecule has 0 aliphatic heterocycles. The second kappa shape index (κ2) is 68.5. The molecule has 0 amide bonds. The van der Waals surface area contributed by atoms with Gasteiger partial charge >= 0.3 is 39.5 Å². The second-order valence-electron chi connectivity index (χ2n) is 29.3. The van der Waals surface area contributed by atoms with Gasteiger partial charge in [-0.25, -0.2) is 9.13 Å². The Hall–Kier alpha value is -1.94. The molecule has 576 valence electrons. The Morgan fingerprint density at radius 2 is 0.526 bits per heavy atom. The Bertz CT molecular complexity index is 1890. The number of hydrogen-bond acceptors (Lipinski definition) is 15. The Morgan fingerprint density at radius 3 is 0.784 bits per heavy atom. The molecule has 97 heavy (non-hydrogen) atoms. The number of aliphatic hydroxyl groups is 1. The normalized spacial score (nSPS) is 14.3. The third-order valence-corrected chi connectivity index (χ3v) is 20.4. The number of phosphoric ester groups is 2. The molecular formula is C78H152O17P2. The highest BCUT2D eigenvalue weighted by molar-refractivity contribution is 7.47. The largest absolute Gasteiger partial charge is 0.472 e. The highest BCUT2D eigenvalue weighted by Crippen LogP contribution is 2.45. The summed E-state index contributed by atoms with van der Waals surface area (Å²) in [6, 6.07) is 0. The van der Waals surface area contributed by atoms with E-state index in [0.29, 0.717) is 25.7 Å². The molecule has 0 aliphatic rings. The van der Waals surface area contributed by atoms with Crippen LogP contribution in [0.3, 0.4) is 0 Å². The Balaban J connectivity index is 5.27. The van der Waals surface area contributed by atoms with E-state index in [-0.39, 0.29) is 25.7 Å². The number of aliphatic hydroxyl groups excluding tert-OH is 1. The zero-order valence-electron chi connectivity index (χ0n) is 63.5. The van der Waals surface area contributed by atoms with Gasteiger partial charge in [-0.1, -0.05) is 350 Å². The van der Waals surface area contributed by atoms with Crippen molar-refractivity contribution in [2.24, 2.45) is 17.8 Å². The van der Waals surface area contributed by atoms with E-state index in [1.54, 1.807) is 0 Å². The minimum absolute atomic E-state index is 0.105. The number of rotatable bonds is 76. The molecule has 0 heterocycles. The molecule has 0 fully saturated rings. The summed E-state index contributed by atoms with van der Waals surface area (Å²) in [5, 5.41) is 10.6. The molecule has 0 saturated carbocycles. The first-order valence-corrected chi connectivity index (χ1v) is 43.4. The molecule has 3 unspecified atom stereocenters. The molecule has 0 aromatic heterocycles. The van der Waals surface area contributed by atoms with E-state index >= 15 is 0 Å². The first-order valence-electron chi connectivity index (χ1n) is 40.4. The summed E-state index contributed by atoms with van der Waals surface area (Å²) in [6.45, 7) is 11.9. The minimum Gasteiger partial charge on any atom is -0.462 e. The van der Waals surface area contributed by atoms with Crippen molar-refractivity contribution >= 4 is 39.5 Å². The Morgan fingerprint density at radius 1 is 0.299 bits per heavy atom. The van der Waals surface area contributed by atoms with Crippen LogP contribution in [0.5, 0.6) is 0 Å². The first kappa shape index (κ1) is 95.1. The summed E-state index contributed by atoms with van der Waals surface area (Å²) in [7, 11) is -9.92. The van der Waals surface area contributed by atoms with E-state index in [4.69, 9.17) is 37.0 Å². The third-order valence-electron chi connectivity index (χ3n) is 18.5. The first-order chi connectivity index (χ1) is 46.8. The van der Waals surface area contributed by atoms with Gasteiger partial charge in [0.25, 0.3) is 0 Å². The molecule has 0 radical (unpaired) electrons. The topological polar surface area (TPSA) is 237 Å². The van der Waals surface area contributed by atoms with Crippen LogP contribution in [-0.2, 0) is 65.4 Å². The summed E-state index contributed by atoms with van der Waals surface area (Å²) < 4.78 is 68.6. The summed E-state index contributed by atoms with van der Waals surface area (Å²) in [5.74, 6) is 0.202. The lowest BCUT2D eigenvalue weighted by molar-refractivity contribution is -0.161. The summed E-state index contributed by atoms with van der Waals surface area (Å²) >= 11 is 0. The minimum atomic E-state index is -4.96. The fourth-order valence-electron chi connectivity index (χ4n) is 11.9. The molecule has 3 N–H and O–H groups in total. The average Bonchev–Trinajstić information content (AvgIpc) is 1.38. The number of esters is 4. The maximum atomic E-state index is 13.1. The zero-order chi connectivity index (χ0) is 71.6. The van der Waals surface area contributed by atoms with Gasteiger partial charge in [-0.2, -0.15) is 0 Å². The Kier molecular flexibility index (Phi) is 67.1. The van der Waals surface area contributed by atoms with E-state index in [2.05, 4.69) is 48.5 Å². The second-order valence-corrected chi connectivity index (χ2v) is 32.2. The van der Waals surface area contributed by atoms with E-state index in [1.165, 1.54) is 212 Å². The highest BCUT2D eigenvalue weighted by atomic mass is 31.2. The molecule has 6 atom stereocenters. The maximum Gasteiger partial charge on any atom is 0.472 e. The lowest BCUT2D eigenvalue weighted by Crippen LogP contribution is -2.30. The van der Waals surface area contributed by atoms with Gasteiger partial charge in [0.1, 0.15) is 19.3 Å². The van der Waals surface area contributed by atoms with Crippen molar-refractivity contribution < 1.29 is 80.2 Å². The third kappa shape index (κ3) is 70.9. The van der Waals surface area contributed by atoms with Crippen LogP contribution in [0.25, 0.3) is 0 Å². The number of carbonyl (C=O) groups excluding carboxylic acids is 4. The van der Waals surface area contributed by atoms with Crippen LogP contribution in [0.15, 0.2) is 0 Å². The van der Waals surface area contributed by atoms with Gasteiger partial charge in [-0.05, 0) is 43.4 Å². The van der Waals surface area contributed by atoms with Crippen LogP contribution < -0.4 is 0 Å². The molecule has 0 saturated heterocycles. The van der Waals surface area contributed by atoms with Crippen LogP contribution in [0, 0.1) is 17.8 Å². The molecule has 0 aromatic rings. The summed E-state index contributed by atoms with van der Waals surface area (Å²) in [5.41, 5.74) is 0. The van der Waals surface area contributed by atoms with Crippen LogP contribution in [0.2, 0.25) is 0 Å². The van der Waals surface area contributed by atoms with Gasteiger partial charge in [-0.15, -0.1) is 0 Å². The van der Waals surface area contributed by atoms with Gasteiger partial charge < -0.3 is 33.8 Å². The lowest BCUT2D eigenvalue weighted by Gasteiger charge is -2.21. The van der Waals surface area contributed by atoms with Crippen LogP contribution >= 0.6 is 15.6 Å². The van der Waals surface area contributed by atoms with Crippen molar-refractivity contribution in [3.63, 3.8) is 0 Å². The fraction of sp³-hybridized carbons (Fsp3) is 0.949. The molecule has 0 bridgehead atoms. The number of carbonyl (C=O) groups is 4. The van der Waals surface area contributed by atoms with Gasteiger partial charge in [0, 0.05) is 25.7 Å². The standard InChI is InChI=1S/C78H152O17P2/c1-8-10-11-12-13-14-15-16-17-18-21-24-30-38-45-52-59-75(80)88-65-73(94-77(82)61-54-47-40-31-25-22-19-20-23-28-35-42-49-56-69(3)4)67-92-96(84,85)90-63-72(79)64-91-97(86,87)93-68-74(66-89-76(81)60-53-46-39-34-33-37-44-51-58-71(7)9-2)95-78(83)62-55-48-41-32-27-26-29-36-43-50-57-70(5)6/h69-74,79H,8-68H2,1-7H3,(H,84,85)(H,86,87)/t71?,72-,73-,74-/m1/s1. The molecular weight excluding hydrogens is 1270 g/mol. The van der Waals surface area contributed by atoms with Crippen LogP contribution in [0.1, 0.15) is 402 Å². The van der Waals surface area contributed by atoms with Crippen LogP contribution in [-0.4, -0.2) is 96.7 Å². The van der Waals surface area contributed by atoms with Crippen molar-refractivity contribution in [3.8, 4) is 0 Å². The number of hydrogen-bond donors (Lipinski definition) is 3. The van der Waals surface area contributed by atoms with E-state index < -0.39 is 97.5 Å². The van der Waals surface area contributed by atoms with Crippen LogP contribution in [0.4, 0.5) is 0 Å². The molecule has 0 aromatic carbocycles. The van der Waals surface area contributed by atoms with Gasteiger partial charge in [-0.3, -0.25) is 37.3 Å². The summed E-state index contributed by atoms with van der Waals surface area (Å²) in [6.07, 6.45) is 55.3. The number of phosphoric acid groups is 2. The van der Waals surface area contributed by atoms with Crippen molar-refractivity contribution in [1.29, 1.82) is 0 Å². The Labute approximate surface area is 594 Å². The summed E-state index contributed by atoms with van der Waals surface area (Å²) in [4.78, 5) is 72.9. The zero-order valence-corrected chi connectivity index (χ0v) is 65.3. The monoisotopic (exact) mass is 1420 g/mol. The number of ether oxygens (including phenoxy) is 4. The fourth-order valence-corrected chi connectivity index (χ4v) is 13.5. The smallest absolute Gasteiger partial charge is 0.462 e. The quantitative estimate of drug-likeness (QED) is 0.0222. The van der Waals surface area contributed by atoms with Gasteiger partial charge in [0.2, 0.25) is 0 Å². The highest BCUT2D eigenvalue weighted by Gasteiger charge is 2.30. The number of unbranched alkanes of at least 4 members (excludes halogenated alkanes) is 43. The predicted molar refractivity (Wildman–Crippen MR) is 395 cm³/mol. The lowest BCUT2D eigenvalue weighted by atomic mass is 9.99. The van der Waals surface area contributed by atoms with E-state index in [0.717, 1.165) is 108 Å². The molecule has 19 heteroatoms. The van der Waals surface area contributed by atoms with Crippen molar-refractivity contribution in [2.75, 3.05) is 39.6 Å². The van der Waals surface area contributed by atoms with Gasteiger partial charge in [0.05, 0.1) is 26.4 Å².